The van der Waals surface area contributed by atoms with E-state index in [1.165, 1.54) is 7.05 Å². The molecule has 0 unspecified atom stereocenters. The number of anilines is 1. The van der Waals surface area contributed by atoms with E-state index in [9.17, 15) is 8.42 Å². The van der Waals surface area contributed by atoms with Crippen LogP contribution in [0, 0.1) is 0 Å². The van der Waals surface area contributed by atoms with Crippen LogP contribution in [0.3, 0.4) is 0 Å². The fourth-order valence-electron chi connectivity index (χ4n) is 0.905. The van der Waals surface area contributed by atoms with Gasteiger partial charge in [0.05, 0.1) is 5.75 Å². The molecule has 0 aromatic heterocycles. The number of nitrogens with one attached hydrogen (secondary N) is 1. The first-order valence-corrected chi connectivity index (χ1v) is 5.44. The molecule has 0 saturated carbocycles. The van der Waals surface area contributed by atoms with Gasteiger partial charge >= 0.3 is 0 Å². The van der Waals surface area contributed by atoms with Gasteiger partial charge < -0.3 is 5.73 Å². The van der Waals surface area contributed by atoms with E-state index in [0.717, 1.165) is 5.56 Å². The fourth-order valence-corrected chi connectivity index (χ4v) is 1.68. The smallest absolute Gasteiger partial charge is 0.215 e. The zero-order valence-corrected chi connectivity index (χ0v) is 8.14. The van der Waals surface area contributed by atoms with Gasteiger partial charge in [0, 0.05) is 5.69 Å². The molecule has 1 rings (SSSR count). The van der Waals surface area contributed by atoms with Crippen LogP contribution in [0.25, 0.3) is 0 Å². The summed E-state index contributed by atoms with van der Waals surface area (Å²) in [7, 11) is -1.78. The fraction of sp³-hybridized carbons (Fsp3) is 0.250. The number of sulfonamides is 1. The van der Waals surface area contributed by atoms with Gasteiger partial charge in [-0.1, -0.05) is 12.1 Å². The minimum absolute atomic E-state index is 0.0101. The highest BCUT2D eigenvalue weighted by Gasteiger charge is 2.07. The molecule has 0 radical (unpaired) electrons. The molecule has 0 amide bonds. The third-order valence-electron chi connectivity index (χ3n) is 1.65. The lowest BCUT2D eigenvalue weighted by atomic mass is 10.2. The quantitative estimate of drug-likeness (QED) is 0.690. The average Bonchev–Trinajstić information content (AvgIpc) is 2.09. The molecule has 0 atom stereocenters. The van der Waals surface area contributed by atoms with E-state index in [1.807, 2.05) is 0 Å². The summed E-state index contributed by atoms with van der Waals surface area (Å²) in [5.74, 6) is -0.0101. The summed E-state index contributed by atoms with van der Waals surface area (Å²) in [6, 6.07) is 6.76. The molecular weight excluding hydrogens is 188 g/mol. The van der Waals surface area contributed by atoms with Gasteiger partial charge in [-0.2, -0.15) is 0 Å². The highest BCUT2D eigenvalue weighted by atomic mass is 32.2. The van der Waals surface area contributed by atoms with E-state index in [0.29, 0.717) is 5.69 Å². The van der Waals surface area contributed by atoms with Crippen LogP contribution in [0.5, 0.6) is 0 Å². The van der Waals surface area contributed by atoms with Crippen LogP contribution in [-0.2, 0) is 15.8 Å². The Balaban J connectivity index is 2.82. The molecule has 4 nitrogen and oxygen atoms in total. The Bertz CT molecular complexity index is 370. The summed E-state index contributed by atoms with van der Waals surface area (Å²) in [4.78, 5) is 0. The SMILES string of the molecule is CNS(=O)(=O)Cc1ccc(N)cc1. The minimum atomic E-state index is -3.18. The highest BCUT2D eigenvalue weighted by Crippen LogP contribution is 2.08. The lowest BCUT2D eigenvalue weighted by Gasteiger charge is -2.02. The number of nitrogens with two attached hydrogens (primary N) is 1. The molecule has 0 heterocycles. The lowest BCUT2D eigenvalue weighted by molar-refractivity contribution is 0.587. The zero-order valence-electron chi connectivity index (χ0n) is 7.32. The molecule has 0 fully saturated rings. The predicted molar refractivity (Wildman–Crippen MR) is 52.5 cm³/mol. The first kappa shape index (κ1) is 10.0. The van der Waals surface area contributed by atoms with E-state index in [-0.39, 0.29) is 5.75 Å². The molecular formula is C8H12N2O2S. The van der Waals surface area contributed by atoms with Gasteiger partial charge in [0.25, 0.3) is 0 Å². The van der Waals surface area contributed by atoms with Crippen molar-refractivity contribution in [2.24, 2.45) is 0 Å². The maximum Gasteiger partial charge on any atom is 0.215 e. The van der Waals surface area contributed by atoms with E-state index >= 15 is 0 Å². The summed E-state index contributed by atoms with van der Waals surface area (Å²) in [6.07, 6.45) is 0. The molecule has 5 heteroatoms. The summed E-state index contributed by atoms with van der Waals surface area (Å²) in [5.41, 5.74) is 6.81. The average molecular weight is 200 g/mol. The van der Waals surface area contributed by atoms with Crippen LogP contribution in [0.15, 0.2) is 24.3 Å². The normalized spacial score (nSPS) is 11.5. The van der Waals surface area contributed by atoms with E-state index in [1.54, 1.807) is 24.3 Å². The Kier molecular flexibility index (Phi) is 2.90. The molecule has 13 heavy (non-hydrogen) atoms. The van der Waals surface area contributed by atoms with Crippen molar-refractivity contribution in [3.8, 4) is 0 Å². The number of hydrogen-bond donors (Lipinski definition) is 2. The summed E-state index contributed by atoms with van der Waals surface area (Å²) in [6.45, 7) is 0. The maximum absolute atomic E-state index is 11.1. The van der Waals surface area contributed by atoms with Crippen LogP contribution in [0.4, 0.5) is 5.69 Å². The van der Waals surface area contributed by atoms with Gasteiger partial charge in [-0.25, -0.2) is 13.1 Å². The standard InChI is InChI=1S/C8H12N2O2S/c1-10-13(11,12)6-7-2-4-8(9)5-3-7/h2-5,10H,6,9H2,1H3. The molecule has 0 bridgehead atoms. The van der Waals surface area contributed by atoms with Crippen LogP contribution >= 0.6 is 0 Å². The zero-order chi connectivity index (χ0) is 9.90. The van der Waals surface area contributed by atoms with Crippen LogP contribution < -0.4 is 10.5 Å². The Morgan fingerprint density at radius 2 is 1.85 bits per heavy atom. The van der Waals surface area contributed by atoms with Crippen molar-refractivity contribution in [2.75, 3.05) is 12.8 Å². The molecule has 1 aromatic rings. The predicted octanol–water partition coefficient (Wildman–Crippen LogP) is 0.318. The van der Waals surface area contributed by atoms with Crippen LogP contribution in [0.1, 0.15) is 5.56 Å². The first-order chi connectivity index (χ1) is 6.03. The molecule has 0 spiro atoms. The van der Waals surface area contributed by atoms with Crippen molar-refractivity contribution in [1.82, 2.24) is 4.72 Å². The number of nitrogen functional groups attached to an aromatic ring is 1. The number of hydrogen-bond acceptors (Lipinski definition) is 3. The van der Waals surface area contributed by atoms with Crippen molar-refractivity contribution in [1.29, 1.82) is 0 Å². The second kappa shape index (κ2) is 3.76. The molecule has 0 aliphatic rings. The summed E-state index contributed by atoms with van der Waals surface area (Å²) >= 11 is 0. The monoisotopic (exact) mass is 200 g/mol. The molecule has 1 aromatic carbocycles. The lowest BCUT2D eigenvalue weighted by Crippen LogP contribution is -2.20. The second-order valence-electron chi connectivity index (χ2n) is 2.70. The van der Waals surface area contributed by atoms with Crippen LogP contribution in [0.2, 0.25) is 0 Å². The highest BCUT2D eigenvalue weighted by molar-refractivity contribution is 7.88. The van der Waals surface area contributed by atoms with E-state index < -0.39 is 10.0 Å². The van der Waals surface area contributed by atoms with Gasteiger partial charge in [-0.3, -0.25) is 0 Å². The van der Waals surface area contributed by atoms with Gasteiger partial charge in [0.15, 0.2) is 0 Å². The number of benzene rings is 1. The summed E-state index contributed by atoms with van der Waals surface area (Å²) in [5, 5.41) is 0. The van der Waals surface area contributed by atoms with Crippen molar-refractivity contribution >= 4 is 15.7 Å². The van der Waals surface area contributed by atoms with Gasteiger partial charge in [-0.05, 0) is 24.7 Å². The summed E-state index contributed by atoms with van der Waals surface area (Å²) < 4.78 is 24.5. The van der Waals surface area contributed by atoms with E-state index in [2.05, 4.69) is 4.72 Å². The van der Waals surface area contributed by atoms with Gasteiger partial charge in [0.2, 0.25) is 10.0 Å². The number of rotatable bonds is 3. The minimum Gasteiger partial charge on any atom is -0.399 e. The Labute approximate surface area is 77.8 Å². The molecule has 0 aliphatic heterocycles. The third kappa shape index (κ3) is 3.04. The topological polar surface area (TPSA) is 72.2 Å². The van der Waals surface area contributed by atoms with Crippen molar-refractivity contribution < 1.29 is 8.42 Å². The molecule has 72 valence electrons. The first-order valence-electron chi connectivity index (χ1n) is 3.79. The third-order valence-corrected chi connectivity index (χ3v) is 2.98. The Hall–Kier alpha value is -1.07. The molecule has 3 N–H and O–H groups in total. The van der Waals surface area contributed by atoms with Crippen molar-refractivity contribution in [3.05, 3.63) is 29.8 Å². The molecule has 0 saturated heterocycles. The second-order valence-corrected chi connectivity index (χ2v) is 4.63. The van der Waals surface area contributed by atoms with E-state index in [4.69, 9.17) is 5.73 Å². The Morgan fingerprint density at radius 3 is 2.31 bits per heavy atom. The van der Waals surface area contributed by atoms with Gasteiger partial charge in [0.1, 0.15) is 0 Å². The maximum atomic E-state index is 11.1. The largest absolute Gasteiger partial charge is 0.399 e. The molecule has 0 aliphatic carbocycles. The van der Waals surface area contributed by atoms with Crippen LogP contribution in [-0.4, -0.2) is 15.5 Å². The van der Waals surface area contributed by atoms with Gasteiger partial charge in [-0.15, -0.1) is 0 Å². The van der Waals surface area contributed by atoms with Crippen molar-refractivity contribution in [2.45, 2.75) is 5.75 Å². The Morgan fingerprint density at radius 1 is 1.31 bits per heavy atom. The van der Waals surface area contributed by atoms with Crippen molar-refractivity contribution in [3.63, 3.8) is 0 Å².